The maximum absolute atomic E-state index is 13.4. The van der Waals surface area contributed by atoms with Gasteiger partial charge in [-0.15, -0.1) is 0 Å². The van der Waals surface area contributed by atoms with Crippen molar-refractivity contribution in [1.82, 2.24) is 20.1 Å². The van der Waals surface area contributed by atoms with E-state index in [1.54, 1.807) is 31.3 Å². The molecule has 0 fully saturated rings. The zero-order chi connectivity index (χ0) is 21.5. The van der Waals surface area contributed by atoms with Crippen LogP contribution in [0.3, 0.4) is 0 Å². The first kappa shape index (κ1) is 19.7. The fourth-order valence-corrected chi connectivity index (χ4v) is 3.27. The maximum Gasteiger partial charge on any atom is 0.270 e. The molecule has 1 aliphatic rings. The molecule has 1 N–H and O–H groups in total. The molecule has 0 bridgehead atoms. The van der Waals surface area contributed by atoms with Gasteiger partial charge in [-0.05, 0) is 18.2 Å². The van der Waals surface area contributed by atoms with E-state index in [2.05, 4.69) is 15.4 Å². The quantitative estimate of drug-likeness (QED) is 0.706. The predicted molar refractivity (Wildman–Crippen MR) is 105 cm³/mol. The Morgan fingerprint density at radius 1 is 1.33 bits per heavy atom. The molecule has 0 unspecified atom stereocenters. The average Bonchev–Trinajstić information content (AvgIpc) is 3.05. The second-order valence-electron chi connectivity index (χ2n) is 7.20. The van der Waals surface area contributed by atoms with Crippen LogP contribution in [-0.4, -0.2) is 52.2 Å². The third-order valence-electron chi connectivity index (χ3n) is 4.75. The van der Waals surface area contributed by atoms with Crippen molar-refractivity contribution in [3.05, 3.63) is 48.4 Å². The van der Waals surface area contributed by atoms with E-state index < -0.39 is 24.4 Å². The van der Waals surface area contributed by atoms with Crippen LogP contribution in [0.4, 0.5) is 14.5 Å². The highest BCUT2D eigenvalue weighted by Gasteiger charge is 2.31. The number of ether oxygens (including phenoxy) is 1. The molecule has 0 spiro atoms. The van der Waals surface area contributed by atoms with Crippen LogP contribution < -0.4 is 15.0 Å². The second-order valence-corrected chi connectivity index (χ2v) is 7.20. The molecular formula is C20H19F2N5O3. The number of halogens is 2. The summed E-state index contributed by atoms with van der Waals surface area (Å²) < 4.78 is 33.6. The van der Waals surface area contributed by atoms with Gasteiger partial charge in [0.05, 0.1) is 17.4 Å². The van der Waals surface area contributed by atoms with Crippen molar-refractivity contribution in [1.29, 1.82) is 0 Å². The minimum atomic E-state index is -2.96. The van der Waals surface area contributed by atoms with Crippen molar-refractivity contribution >= 4 is 28.4 Å². The van der Waals surface area contributed by atoms with E-state index in [0.29, 0.717) is 22.3 Å². The third kappa shape index (κ3) is 3.80. The lowest BCUT2D eigenvalue weighted by Gasteiger charge is -2.20. The minimum Gasteiger partial charge on any atom is -0.489 e. The smallest absolute Gasteiger partial charge is 0.270 e. The molecule has 4 rings (SSSR count). The number of anilines is 1. The number of hydrogen-bond acceptors (Lipinski definition) is 5. The number of rotatable bonds is 4. The molecule has 2 amide bonds. The van der Waals surface area contributed by atoms with Crippen LogP contribution in [0.15, 0.2) is 42.7 Å². The van der Waals surface area contributed by atoms with Gasteiger partial charge in [-0.3, -0.25) is 19.3 Å². The number of fused-ring (bicyclic) bond motifs is 2. The number of amides is 2. The highest BCUT2D eigenvalue weighted by Crippen LogP contribution is 2.30. The summed E-state index contributed by atoms with van der Waals surface area (Å²) in [6.45, 7) is 0.120. The van der Waals surface area contributed by atoms with Crippen LogP contribution in [0.2, 0.25) is 0 Å². The summed E-state index contributed by atoms with van der Waals surface area (Å²) >= 11 is 0. The van der Waals surface area contributed by atoms with E-state index in [1.807, 2.05) is 0 Å². The Bertz CT molecular complexity index is 1130. The maximum atomic E-state index is 13.4. The number of aromatic nitrogens is 3. The van der Waals surface area contributed by atoms with Gasteiger partial charge in [0, 0.05) is 25.6 Å². The zero-order valence-electron chi connectivity index (χ0n) is 16.3. The van der Waals surface area contributed by atoms with Crippen molar-refractivity contribution in [2.75, 3.05) is 18.6 Å². The molecular weight excluding hydrogens is 396 g/mol. The molecule has 0 saturated heterocycles. The van der Waals surface area contributed by atoms with Gasteiger partial charge < -0.3 is 15.0 Å². The number of benzene rings is 1. The highest BCUT2D eigenvalue weighted by atomic mass is 19.3. The number of likely N-dealkylation sites (N-methyl/N-ethyl adjacent to an activating group) is 1. The van der Waals surface area contributed by atoms with Crippen molar-refractivity contribution in [2.24, 2.45) is 0 Å². The molecule has 156 valence electrons. The predicted octanol–water partition coefficient (Wildman–Crippen LogP) is 2.24. The largest absolute Gasteiger partial charge is 0.489 e. The van der Waals surface area contributed by atoms with Crippen LogP contribution >= 0.6 is 0 Å². The molecule has 1 aromatic carbocycles. The topological polar surface area (TPSA) is 89.4 Å². The molecule has 0 aliphatic carbocycles. The fraction of sp³-hybridized carbons (Fsp3) is 0.300. The van der Waals surface area contributed by atoms with Crippen LogP contribution in [0.1, 0.15) is 17.4 Å². The molecule has 0 radical (unpaired) electrons. The SMILES string of the molecule is CN1C(=O)[C@@H](NC(=O)c2cc3c(cn2)cnn3CC(C)(F)F)COc2ccccc21. The minimum absolute atomic E-state index is 0.0131. The Labute approximate surface area is 170 Å². The molecule has 1 aliphatic heterocycles. The van der Waals surface area contributed by atoms with Gasteiger partial charge in [-0.2, -0.15) is 5.10 Å². The van der Waals surface area contributed by atoms with Crippen molar-refractivity contribution in [2.45, 2.75) is 25.4 Å². The Kier molecular flexibility index (Phi) is 4.84. The first-order valence-corrected chi connectivity index (χ1v) is 9.22. The average molecular weight is 415 g/mol. The summed E-state index contributed by atoms with van der Waals surface area (Å²) in [7, 11) is 1.60. The normalized spacial score (nSPS) is 16.7. The summed E-state index contributed by atoms with van der Waals surface area (Å²) in [4.78, 5) is 31.0. The fourth-order valence-electron chi connectivity index (χ4n) is 3.27. The molecule has 0 saturated carbocycles. The Hall–Kier alpha value is -3.56. The van der Waals surface area contributed by atoms with Gasteiger partial charge in [0.1, 0.15) is 30.6 Å². The molecule has 10 heteroatoms. The summed E-state index contributed by atoms with van der Waals surface area (Å²) in [5.41, 5.74) is 0.939. The number of alkyl halides is 2. The monoisotopic (exact) mass is 415 g/mol. The first-order chi connectivity index (χ1) is 14.2. The highest BCUT2D eigenvalue weighted by molar-refractivity contribution is 6.03. The lowest BCUT2D eigenvalue weighted by Crippen LogP contribution is -2.49. The Morgan fingerprint density at radius 2 is 2.10 bits per heavy atom. The molecule has 3 aromatic rings. The second kappa shape index (κ2) is 7.36. The van der Waals surface area contributed by atoms with E-state index in [0.717, 1.165) is 11.6 Å². The summed E-state index contributed by atoms with van der Waals surface area (Å²) in [6, 6.07) is 7.51. The molecule has 2 aromatic heterocycles. The summed E-state index contributed by atoms with van der Waals surface area (Å²) in [6.07, 6.45) is 2.79. The van der Waals surface area contributed by atoms with Crippen LogP contribution in [-0.2, 0) is 11.3 Å². The van der Waals surface area contributed by atoms with E-state index in [1.165, 1.54) is 23.4 Å². The van der Waals surface area contributed by atoms with Gasteiger partial charge in [-0.1, -0.05) is 12.1 Å². The number of pyridine rings is 1. The number of carbonyl (C=O) groups excluding carboxylic acids is 2. The Morgan fingerprint density at radius 3 is 2.87 bits per heavy atom. The summed E-state index contributed by atoms with van der Waals surface area (Å²) in [5, 5.41) is 7.09. The van der Waals surface area contributed by atoms with E-state index >= 15 is 0 Å². The number of para-hydroxylation sites is 2. The van der Waals surface area contributed by atoms with Crippen LogP contribution in [0.5, 0.6) is 5.75 Å². The van der Waals surface area contributed by atoms with Gasteiger partial charge in [-0.25, -0.2) is 8.78 Å². The molecule has 3 heterocycles. The number of nitrogens with zero attached hydrogens (tertiary/aromatic N) is 4. The summed E-state index contributed by atoms with van der Waals surface area (Å²) in [5.74, 6) is -3.39. The van der Waals surface area contributed by atoms with Gasteiger partial charge in [0.15, 0.2) is 0 Å². The number of nitrogens with one attached hydrogen (secondary N) is 1. The lowest BCUT2D eigenvalue weighted by molar-refractivity contribution is -0.120. The molecule has 1 atom stereocenters. The van der Waals surface area contributed by atoms with Gasteiger partial charge >= 0.3 is 0 Å². The molecule has 30 heavy (non-hydrogen) atoms. The van der Waals surface area contributed by atoms with Crippen molar-refractivity contribution in [3.8, 4) is 5.75 Å². The van der Waals surface area contributed by atoms with Crippen LogP contribution in [0.25, 0.3) is 10.9 Å². The van der Waals surface area contributed by atoms with Gasteiger partial charge in [0.25, 0.3) is 17.7 Å². The number of hydrogen-bond donors (Lipinski definition) is 1. The lowest BCUT2D eigenvalue weighted by atomic mass is 10.2. The van der Waals surface area contributed by atoms with E-state index in [4.69, 9.17) is 4.74 Å². The van der Waals surface area contributed by atoms with Crippen LogP contribution in [0, 0.1) is 0 Å². The standard InChI is InChI=1S/C20H19F2N5O3/c1-20(21,22)11-27-16-7-13(23-8-12(16)9-24-27)18(28)25-14-10-30-17-6-4-3-5-15(17)26(2)19(14)29/h3-9,14H,10-11H2,1-2H3,(H,25,28)/t14-/m0/s1. The van der Waals surface area contributed by atoms with E-state index in [-0.39, 0.29) is 18.2 Å². The van der Waals surface area contributed by atoms with E-state index in [9.17, 15) is 18.4 Å². The first-order valence-electron chi connectivity index (χ1n) is 9.22. The Balaban J connectivity index is 1.56. The van der Waals surface area contributed by atoms with Crippen molar-refractivity contribution < 1.29 is 23.1 Å². The zero-order valence-corrected chi connectivity index (χ0v) is 16.3. The molecule has 8 nitrogen and oxygen atoms in total. The van der Waals surface area contributed by atoms with Gasteiger partial charge in [0.2, 0.25) is 0 Å². The number of carbonyl (C=O) groups is 2. The third-order valence-corrected chi connectivity index (χ3v) is 4.75. The van der Waals surface area contributed by atoms with Crippen molar-refractivity contribution in [3.63, 3.8) is 0 Å².